The maximum Gasteiger partial charge on any atom is 0.248 e. The summed E-state index contributed by atoms with van der Waals surface area (Å²) in [5, 5.41) is 0. The molecule has 3 rings (SSSR count). The first kappa shape index (κ1) is 16.3. The summed E-state index contributed by atoms with van der Waals surface area (Å²) in [6, 6.07) is 1.93. The van der Waals surface area contributed by atoms with Crippen molar-refractivity contribution in [2.45, 2.75) is 57.8 Å². The van der Waals surface area contributed by atoms with Gasteiger partial charge in [-0.15, -0.1) is 0 Å². The van der Waals surface area contributed by atoms with E-state index in [1.807, 2.05) is 24.8 Å². The van der Waals surface area contributed by atoms with E-state index in [9.17, 15) is 13.6 Å². The molecule has 1 aliphatic carbocycles. The normalized spacial score (nSPS) is 24.9. The Morgan fingerprint density at radius 3 is 2.39 bits per heavy atom. The van der Waals surface area contributed by atoms with E-state index in [2.05, 4.69) is 9.97 Å². The first-order valence-electron chi connectivity index (χ1n) is 8.33. The van der Waals surface area contributed by atoms with Gasteiger partial charge in [-0.05, 0) is 39.2 Å². The van der Waals surface area contributed by atoms with Crippen LogP contribution in [0.5, 0.6) is 0 Å². The summed E-state index contributed by atoms with van der Waals surface area (Å²) in [6.45, 7) is 5.16. The highest BCUT2D eigenvalue weighted by Crippen LogP contribution is 2.37. The summed E-state index contributed by atoms with van der Waals surface area (Å²) in [4.78, 5) is 23.4. The zero-order valence-electron chi connectivity index (χ0n) is 13.7. The molecule has 6 heteroatoms. The van der Waals surface area contributed by atoms with Gasteiger partial charge in [-0.25, -0.2) is 18.7 Å². The van der Waals surface area contributed by atoms with Crippen molar-refractivity contribution in [2.75, 3.05) is 13.1 Å². The van der Waals surface area contributed by atoms with Crippen molar-refractivity contribution in [3.8, 4) is 0 Å². The second-order valence-electron chi connectivity index (χ2n) is 6.91. The third-order valence-electron chi connectivity index (χ3n) is 4.93. The van der Waals surface area contributed by atoms with Crippen molar-refractivity contribution in [3.05, 3.63) is 23.3 Å². The summed E-state index contributed by atoms with van der Waals surface area (Å²) in [5.74, 6) is -1.84. The Bertz CT molecular complexity index is 575. The molecule has 0 radical (unpaired) electrons. The lowest BCUT2D eigenvalue weighted by Crippen LogP contribution is -2.38. The second-order valence-corrected chi connectivity index (χ2v) is 6.91. The van der Waals surface area contributed by atoms with Crippen LogP contribution in [0, 0.1) is 19.8 Å². The Balaban J connectivity index is 1.62. The molecule has 4 nitrogen and oxygen atoms in total. The van der Waals surface area contributed by atoms with Gasteiger partial charge in [0.1, 0.15) is 5.82 Å². The summed E-state index contributed by atoms with van der Waals surface area (Å²) in [6.07, 6.45) is 1.11. The maximum atomic E-state index is 13.2. The van der Waals surface area contributed by atoms with Gasteiger partial charge < -0.3 is 4.90 Å². The zero-order chi connectivity index (χ0) is 16.6. The number of carbonyl (C=O) groups excluding carboxylic acids is 1. The average molecular weight is 323 g/mol. The van der Waals surface area contributed by atoms with Crippen LogP contribution >= 0.6 is 0 Å². The predicted octanol–water partition coefficient (Wildman–Crippen LogP) is 3.23. The fraction of sp³-hybridized carbons (Fsp3) is 0.706. The van der Waals surface area contributed by atoms with E-state index in [0.717, 1.165) is 23.6 Å². The Morgan fingerprint density at radius 2 is 1.78 bits per heavy atom. The highest BCUT2D eigenvalue weighted by atomic mass is 19.3. The van der Waals surface area contributed by atoms with Gasteiger partial charge in [-0.3, -0.25) is 4.79 Å². The molecule has 1 saturated heterocycles. The van der Waals surface area contributed by atoms with Crippen molar-refractivity contribution < 1.29 is 13.6 Å². The van der Waals surface area contributed by atoms with Crippen molar-refractivity contribution in [1.82, 2.24) is 14.9 Å². The van der Waals surface area contributed by atoms with Gasteiger partial charge in [-0.1, -0.05) is 0 Å². The standard InChI is InChI=1S/C17H23F2N3O/c1-11-9-12(2)21-15(20-11)14-5-8-22(10-14)16(23)13-3-6-17(18,19)7-4-13/h9,13-14H,3-8,10H2,1-2H3. The molecule has 1 saturated carbocycles. The number of hydrogen-bond donors (Lipinski definition) is 0. The number of rotatable bonds is 2. The van der Waals surface area contributed by atoms with E-state index in [-0.39, 0.29) is 30.6 Å². The van der Waals surface area contributed by atoms with Crippen LogP contribution in [-0.4, -0.2) is 39.8 Å². The Labute approximate surface area is 135 Å². The quantitative estimate of drug-likeness (QED) is 0.839. The molecule has 126 valence electrons. The molecule has 2 aliphatic rings. The molecule has 0 N–H and O–H groups in total. The van der Waals surface area contributed by atoms with Crippen molar-refractivity contribution in [2.24, 2.45) is 5.92 Å². The topological polar surface area (TPSA) is 46.1 Å². The fourth-order valence-corrected chi connectivity index (χ4v) is 3.65. The van der Waals surface area contributed by atoms with Gasteiger partial charge in [-0.2, -0.15) is 0 Å². The van der Waals surface area contributed by atoms with E-state index >= 15 is 0 Å². The number of likely N-dealkylation sites (tertiary alicyclic amines) is 1. The number of aromatic nitrogens is 2. The highest BCUT2D eigenvalue weighted by molar-refractivity contribution is 5.79. The molecule has 1 unspecified atom stereocenters. The minimum Gasteiger partial charge on any atom is -0.342 e. The summed E-state index contributed by atoms with van der Waals surface area (Å²) in [5.41, 5.74) is 1.87. The van der Waals surface area contributed by atoms with E-state index in [0.29, 0.717) is 25.9 Å². The molecule has 23 heavy (non-hydrogen) atoms. The van der Waals surface area contributed by atoms with Crippen molar-refractivity contribution in [3.63, 3.8) is 0 Å². The Hall–Kier alpha value is -1.59. The van der Waals surface area contributed by atoms with E-state index < -0.39 is 5.92 Å². The fourth-order valence-electron chi connectivity index (χ4n) is 3.65. The lowest BCUT2D eigenvalue weighted by molar-refractivity contribution is -0.138. The van der Waals surface area contributed by atoms with E-state index in [1.165, 1.54) is 0 Å². The van der Waals surface area contributed by atoms with Gasteiger partial charge in [0.25, 0.3) is 0 Å². The Kier molecular flexibility index (Phi) is 4.34. The van der Waals surface area contributed by atoms with Gasteiger partial charge in [0.05, 0.1) is 0 Å². The Morgan fingerprint density at radius 1 is 1.17 bits per heavy atom. The molecule has 1 aromatic rings. The van der Waals surface area contributed by atoms with Gasteiger partial charge in [0.2, 0.25) is 11.8 Å². The molecule has 2 fully saturated rings. The monoisotopic (exact) mass is 323 g/mol. The summed E-state index contributed by atoms with van der Waals surface area (Å²) >= 11 is 0. The number of halogens is 2. The van der Waals surface area contributed by atoms with Crippen LogP contribution in [0.25, 0.3) is 0 Å². The number of aryl methyl sites for hydroxylation is 2. The zero-order valence-corrected chi connectivity index (χ0v) is 13.7. The molecular formula is C17H23F2N3O. The molecule has 1 aromatic heterocycles. The van der Waals surface area contributed by atoms with Gasteiger partial charge in [0, 0.05) is 49.2 Å². The van der Waals surface area contributed by atoms with Crippen LogP contribution in [0.3, 0.4) is 0 Å². The molecule has 1 atom stereocenters. The average Bonchev–Trinajstić information content (AvgIpc) is 2.95. The highest BCUT2D eigenvalue weighted by Gasteiger charge is 2.40. The third kappa shape index (κ3) is 3.67. The van der Waals surface area contributed by atoms with Crippen LogP contribution in [0.1, 0.15) is 55.2 Å². The minimum atomic E-state index is -2.59. The lowest BCUT2D eigenvalue weighted by Gasteiger charge is -2.30. The van der Waals surface area contributed by atoms with Gasteiger partial charge >= 0.3 is 0 Å². The summed E-state index contributed by atoms with van der Waals surface area (Å²) in [7, 11) is 0. The first-order valence-corrected chi connectivity index (χ1v) is 8.33. The molecule has 1 amide bonds. The van der Waals surface area contributed by atoms with Crippen LogP contribution in [0.4, 0.5) is 8.78 Å². The second kappa shape index (κ2) is 6.13. The van der Waals surface area contributed by atoms with Crippen molar-refractivity contribution >= 4 is 5.91 Å². The molecule has 2 heterocycles. The summed E-state index contributed by atoms with van der Waals surface area (Å²) < 4.78 is 26.5. The van der Waals surface area contributed by atoms with Crippen molar-refractivity contribution in [1.29, 1.82) is 0 Å². The molecule has 0 bridgehead atoms. The predicted molar refractivity (Wildman–Crippen MR) is 82.3 cm³/mol. The van der Waals surface area contributed by atoms with Crippen LogP contribution in [0.2, 0.25) is 0 Å². The number of carbonyl (C=O) groups is 1. The van der Waals surface area contributed by atoms with Gasteiger partial charge in [0.15, 0.2) is 0 Å². The molecule has 1 aliphatic heterocycles. The largest absolute Gasteiger partial charge is 0.342 e. The minimum absolute atomic E-state index is 0.0346. The molecule has 0 spiro atoms. The van der Waals surface area contributed by atoms with E-state index in [1.54, 1.807) is 0 Å². The number of alkyl halides is 2. The number of amides is 1. The maximum absolute atomic E-state index is 13.2. The SMILES string of the molecule is Cc1cc(C)nc(C2CCN(C(=O)C3CCC(F)(F)CC3)C2)n1. The smallest absolute Gasteiger partial charge is 0.248 e. The first-order chi connectivity index (χ1) is 10.8. The number of hydrogen-bond acceptors (Lipinski definition) is 3. The van der Waals surface area contributed by atoms with E-state index in [4.69, 9.17) is 0 Å². The number of nitrogens with zero attached hydrogens (tertiary/aromatic N) is 3. The van der Waals surface area contributed by atoms with Crippen LogP contribution < -0.4 is 0 Å². The molecular weight excluding hydrogens is 300 g/mol. The lowest BCUT2D eigenvalue weighted by atomic mass is 9.86. The molecule has 0 aromatic carbocycles. The van der Waals surface area contributed by atoms with Crippen LogP contribution in [-0.2, 0) is 4.79 Å². The third-order valence-corrected chi connectivity index (χ3v) is 4.93. The van der Waals surface area contributed by atoms with Crippen LogP contribution in [0.15, 0.2) is 6.07 Å².